The fourth-order valence-corrected chi connectivity index (χ4v) is 6.71. The van der Waals surface area contributed by atoms with Crippen molar-refractivity contribution in [2.75, 3.05) is 38.1 Å². The van der Waals surface area contributed by atoms with Crippen molar-refractivity contribution in [1.82, 2.24) is 9.80 Å². The number of carbonyl (C=O) groups is 2. The minimum absolute atomic E-state index is 0.0337. The molecule has 0 saturated heterocycles. The zero-order valence-corrected chi connectivity index (χ0v) is 29.4. The van der Waals surface area contributed by atoms with E-state index in [1.165, 1.54) is 18.2 Å². The lowest BCUT2D eigenvalue weighted by Gasteiger charge is -2.36. The number of hydrogen-bond donors (Lipinski definition) is 2. The Morgan fingerprint density at radius 3 is 2.46 bits per heavy atom. The number of carbonyl (C=O) groups excluding carboxylic acids is 2. The van der Waals surface area contributed by atoms with E-state index >= 15 is 0 Å². The van der Waals surface area contributed by atoms with E-state index in [0.717, 1.165) is 24.0 Å². The van der Waals surface area contributed by atoms with Crippen molar-refractivity contribution in [3.8, 4) is 5.75 Å². The van der Waals surface area contributed by atoms with E-state index in [4.69, 9.17) is 9.47 Å². The monoisotopic (exact) mass is 679 g/mol. The van der Waals surface area contributed by atoms with Crippen LogP contribution in [-0.4, -0.2) is 86.7 Å². The Morgan fingerprint density at radius 2 is 1.77 bits per heavy atom. The van der Waals surface area contributed by atoms with E-state index in [9.17, 15) is 23.1 Å². The number of aryl methyl sites for hydroxylation is 1. The van der Waals surface area contributed by atoms with Crippen molar-refractivity contribution in [2.24, 2.45) is 5.92 Å². The van der Waals surface area contributed by atoms with Gasteiger partial charge in [-0.1, -0.05) is 55.0 Å². The summed E-state index contributed by atoms with van der Waals surface area (Å²) in [6.45, 7) is 8.31. The average Bonchev–Trinajstić information content (AvgIpc) is 3.06. The van der Waals surface area contributed by atoms with Crippen molar-refractivity contribution in [3.05, 3.63) is 89.5 Å². The van der Waals surface area contributed by atoms with Gasteiger partial charge >= 0.3 is 0 Å². The minimum Gasteiger partial charge on any atom is -0.490 e. The number of fused-ring (bicyclic) bond motifs is 1. The van der Waals surface area contributed by atoms with E-state index in [2.05, 4.69) is 4.72 Å². The van der Waals surface area contributed by atoms with Crippen LogP contribution in [0.4, 0.5) is 5.69 Å². The molecule has 10 nitrogen and oxygen atoms in total. The molecule has 0 saturated carbocycles. The SMILES string of the molecule is Cc1ccc(S(=O)(=O)Nc2ccc3c(c2)C(=O)N([C@H](C)CO)C[C@H](C)[C@H](CN(C)C(=O)Cc2ccccc2)OCCCC[C@@H](C)O3)cc1. The average molecular weight is 680 g/mol. The van der Waals surface area contributed by atoms with Gasteiger partial charge in [0.25, 0.3) is 15.9 Å². The van der Waals surface area contributed by atoms with Crippen LogP contribution in [0.15, 0.2) is 77.7 Å². The van der Waals surface area contributed by atoms with Gasteiger partial charge in [0.15, 0.2) is 0 Å². The first-order valence-electron chi connectivity index (χ1n) is 16.6. The van der Waals surface area contributed by atoms with Crippen LogP contribution in [-0.2, 0) is 26.0 Å². The van der Waals surface area contributed by atoms with Crippen LogP contribution in [0.25, 0.3) is 0 Å². The van der Waals surface area contributed by atoms with Gasteiger partial charge in [0.05, 0.1) is 41.7 Å². The van der Waals surface area contributed by atoms with Crippen LogP contribution in [0.5, 0.6) is 5.75 Å². The van der Waals surface area contributed by atoms with Gasteiger partial charge in [0, 0.05) is 38.3 Å². The molecule has 0 unspecified atom stereocenters. The number of ether oxygens (including phenoxy) is 2. The summed E-state index contributed by atoms with van der Waals surface area (Å²) >= 11 is 0. The Labute approximate surface area is 285 Å². The van der Waals surface area contributed by atoms with E-state index in [-0.39, 0.29) is 59.8 Å². The maximum Gasteiger partial charge on any atom is 0.261 e. The first-order chi connectivity index (χ1) is 22.9. The molecule has 11 heteroatoms. The first kappa shape index (κ1) is 36.9. The van der Waals surface area contributed by atoms with E-state index in [1.54, 1.807) is 48.0 Å². The Bertz CT molecular complexity index is 1620. The highest BCUT2D eigenvalue weighted by Crippen LogP contribution is 2.29. The zero-order valence-electron chi connectivity index (χ0n) is 28.6. The highest BCUT2D eigenvalue weighted by molar-refractivity contribution is 7.92. The predicted octanol–water partition coefficient (Wildman–Crippen LogP) is 5.29. The topological polar surface area (TPSA) is 125 Å². The molecular weight excluding hydrogens is 630 g/mol. The molecular formula is C37H49N3O7S. The van der Waals surface area contributed by atoms with Gasteiger partial charge in [-0.15, -0.1) is 0 Å². The Balaban J connectivity index is 1.63. The highest BCUT2D eigenvalue weighted by atomic mass is 32.2. The number of aliphatic hydroxyl groups is 1. The molecule has 260 valence electrons. The first-order valence-corrected chi connectivity index (χ1v) is 18.1. The Morgan fingerprint density at radius 1 is 1.06 bits per heavy atom. The molecule has 0 fully saturated rings. The molecule has 3 aromatic carbocycles. The maximum absolute atomic E-state index is 14.4. The van der Waals surface area contributed by atoms with Gasteiger partial charge < -0.3 is 24.4 Å². The quantitative estimate of drug-likeness (QED) is 0.315. The fourth-order valence-electron chi connectivity index (χ4n) is 5.66. The number of sulfonamides is 1. The van der Waals surface area contributed by atoms with Crippen LogP contribution in [0.3, 0.4) is 0 Å². The molecule has 1 heterocycles. The minimum atomic E-state index is -3.93. The van der Waals surface area contributed by atoms with Crippen LogP contribution in [0, 0.1) is 12.8 Å². The van der Waals surface area contributed by atoms with Gasteiger partial charge in [0.2, 0.25) is 5.91 Å². The number of benzene rings is 3. The van der Waals surface area contributed by atoms with Crippen LogP contribution in [0.2, 0.25) is 0 Å². The Kier molecular flexibility index (Phi) is 13.0. The number of amides is 2. The summed E-state index contributed by atoms with van der Waals surface area (Å²) in [6, 6.07) is 20.2. The summed E-state index contributed by atoms with van der Waals surface area (Å²) < 4.78 is 41.7. The highest BCUT2D eigenvalue weighted by Gasteiger charge is 2.31. The standard InChI is InChI=1S/C37H49N3O7S/c1-26-14-17-32(18-15-26)48(44,45)38-31-16-19-34-33(22-31)37(43)40(28(3)25-41)23-27(2)35(46-20-10-9-11-29(4)47-34)24-39(5)36(42)21-30-12-7-6-8-13-30/h6-8,12-19,22,27-29,35,38,41H,9-11,20-21,23-25H2,1-5H3/t27-,28+,29+,35-/m0/s1. The summed E-state index contributed by atoms with van der Waals surface area (Å²) in [5, 5.41) is 10.2. The second-order valence-electron chi connectivity index (χ2n) is 12.9. The van der Waals surface area contributed by atoms with Crippen LogP contribution in [0.1, 0.15) is 61.5 Å². The van der Waals surface area contributed by atoms with Crippen LogP contribution >= 0.6 is 0 Å². The third-order valence-electron chi connectivity index (χ3n) is 8.71. The second-order valence-corrected chi connectivity index (χ2v) is 14.5. The van der Waals surface area contributed by atoms with Crippen molar-refractivity contribution >= 4 is 27.5 Å². The lowest BCUT2D eigenvalue weighted by molar-refractivity contribution is -0.131. The summed E-state index contributed by atoms with van der Waals surface area (Å²) in [5.74, 6) is -0.325. The van der Waals surface area contributed by atoms with Gasteiger partial charge in [0.1, 0.15) is 5.75 Å². The number of hydrogen-bond acceptors (Lipinski definition) is 7. The molecule has 1 aliphatic rings. The summed E-state index contributed by atoms with van der Waals surface area (Å²) in [4.78, 5) is 30.9. The number of likely N-dealkylation sites (N-methyl/N-ethyl adjacent to an activating group) is 1. The number of nitrogens with zero attached hydrogens (tertiary/aromatic N) is 2. The summed E-state index contributed by atoms with van der Waals surface area (Å²) in [6.07, 6.45) is 2.01. The molecule has 0 bridgehead atoms. The van der Waals surface area contributed by atoms with Crippen molar-refractivity contribution in [3.63, 3.8) is 0 Å². The van der Waals surface area contributed by atoms with E-state index in [0.29, 0.717) is 25.3 Å². The van der Waals surface area contributed by atoms with Crippen molar-refractivity contribution < 1.29 is 32.6 Å². The molecule has 0 spiro atoms. The van der Waals surface area contributed by atoms with Gasteiger partial charge in [-0.25, -0.2) is 8.42 Å². The van der Waals surface area contributed by atoms with Gasteiger partial charge in [-0.3, -0.25) is 14.3 Å². The van der Waals surface area contributed by atoms with Crippen molar-refractivity contribution in [1.29, 1.82) is 0 Å². The molecule has 2 amide bonds. The predicted molar refractivity (Wildman–Crippen MR) is 187 cm³/mol. The van der Waals surface area contributed by atoms with E-state index in [1.807, 2.05) is 51.1 Å². The molecule has 0 aromatic heterocycles. The molecule has 1 aliphatic heterocycles. The normalized spacial score (nSPS) is 20.2. The molecule has 0 radical (unpaired) electrons. The zero-order chi connectivity index (χ0) is 34.8. The summed E-state index contributed by atoms with van der Waals surface area (Å²) in [7, 11) is -2.16. The van der Waals surface area contributed by atoms with Gasteiger partial charge in [-0.2, -0.15) is 0 Å². The number of anilines is 1. The van der Waals surface area contributed by atoms with Gasteiger partial charge in [-0.05, 0) is 75.9 Å². The van der Waals surface area contributed by atoms with Crippen LogP contribution < -0.4 is 9.46 Å². The lowest BCUT2D eigenvalue weighted by atomic mass is 10.0. The number of aliphatic hydroxyl groups excluding tert-OH is 1. The number of nitrogens with one attached hydrogen (secondary N) is 1. The third kappa shape index (κ3) is 10.0. The molecule has 3 aromatic rings. The third-order valence-corrected chi connectivity index (χ3v) is 10.1. The fraction of sp³-hybridized carbons (Fsp3) is 0.459. The second kappa shape index (κ2) is 16.9. The molecule has 4 rings (SSSR count). The van der Waals surface area contributed by atoms with E-state index < -0.39 is 22.0 Å². The Hall–Kier alpha value is -3.93. The largest absolute Gasteiger partial charge is 0.490 e. The van der Waals surface area contributed by atoms with Crippen molar-refractivity contribution in [2.45, 2.75) is 76.5 Å². The number of rotatable bonds is 9. The summed E-state index contributed by atoms with van der Waals surface area (Å²) in [5.41, 5.74) is 2.26. The molecule has 0 aliphatic carbocycles. The maximum atomic E-state index is 14.4. The lowest BCUT2D eigenvalue weighted by Crippen LogP contribution is -2.48. The molecule has 48 heavy (non-hydrogen) atoms. The molecule has 4 atom stereocenters. The smallest absolute Gasteiger partial charge is 0.261 e. The molecule has 2 N–H and O–H groups in total.